The normalized spacial score (nSPS) is 11.9. The molecule has 4 heteroatoms. The number of aliphatic hydroxyl groups is 1. The van der Waals surface area contributed by atoms with Gasteiger partial charge in [-0.1, -0.05) is 48.5 Å². The number of hydrogen-bond donors (Lipinski definition) is 2. The van der Waals surface area contributed by atoms with Gasteiger partial charge in [0.15, 0.2) is 0 Å². The Balaban J connectivity index is 1.70. The topological polar surface area (TPSA) is 49.3 Å². The molecule has 0 bridgehead atoms. The van der Waals surface area contributed by atoms with E-state index in [4.69, 9.17) is 0 Å². The van der Waals surface area contributed by atoms with Crippen LogP contribution < -0.4 is 5.32 Å². The van der Waals surface area contributed by atoms with Crippen molar-refractivity contribution in [3.63, 3.8) is 0 Å². The summed E-state index contributed by atoms with van der Waals surface area (Å²) in [6.07, 6.45) is -0.0127. The molecule has 0 fully saturated rings. The molecule has 2 aromatic carbocycles. The molecule has 22 heavy (non-hydrogen) atoms. The molecule has 0 heterocycles. The van der Waals surface area contributed by atoms with Crippen LogP contribution in [0.1, 0.15) is 11.1 Å². The maximum absolute atomic E-state index is 11.8. The number of aryl methyl sites for hydroxylation is 1. The van der Waals surface area contributed by atoms with Crippen LogP contribution in [0.2, 0.25) is 0 Å². The van der Waals surface area contributed by atoms with Crippen LogP contribution in [0.5, 0.6) is 0 Å². The minimum Gasteiger partial charge on any atom is -0.391 e. The molecule has 0 aromatic heterocycles. The first-order chi connectivity index (χ1) is 10.6. The molecule has 1 atom stereocenters. The first-order valence-corrected chi connectivity index (χ1v) is 8.31. The molecule has 0 spiro atoms. The van der Waals surface area contributed by atoms with Crippen molar-refractivity contribution in [3.05, 3.63) is 65.7 Å². The molecule has 2 aromatic rings. The molecule has 3 nitrogen and oxygen atoms in total. The van der Waals surface area contributed by atoms with E-state index in [0.29, 0.717) is 12.2 Å². The first-order valence-electron chi connectivity index (χ1n) is 7.32. The van der Waals surface area contributed by atoms with E-state index in [1.807, 2.05) is 61.5 Å². The van der Waals surface area contributed by atoms with Gasteiger partial charge in [-0.2, -0.15) is 0 Å². The number of nitrogens with one attached hydrogen (secondary N) is 1. The van der Waals surface area contributed by atoms with Crippen molar-refractivity contribution in [1.29, 1.82) is 0 Å². The predicted molar refractivity (Wildman–Crippen MR) is 91.1 cm³/mol. The Labute approximate surface area is 135 Å². The Morgan fingerprint density at radius 3 is 2.55 bits per heavy atom. The molecular formula is C18H21NO2S. The average molecular weight is 315 g/mol. The van der Waals surface area contributed by atoms with E-state index < -0.39 is 6.10 Å². The number of benzene rings is 2. The van der Waals surface area contributed by atoms with E-state index >= 15 is 0 Å². The number of amides is 1. The number of rotatable bonds is 7. The second-order valence-electron chi connectivity index (χ2n) is 5.20. The number of aliphatic hydroxyl groups excluding tert-OH is 1. The molecular weight excluding hydrogens is 294 g/mol. The monoisotopic (exact) mass is 315 g/mol. The Kier molecular flexibility index (Phi) is 6.49. The molecule has 1 unspecified atom stereocenters. The standard InChI is InChI=1S/C18H21NO2S/c1-14-7-5-6-10-17(14)22-13-18(21)19-12-16(20)11-15-8-3-2-4-9-15/h2-10,16,20H,11-13H2,1H3,(H,19,21). The van der Waals surface area contributed by atoms with Gasteiger partial charge in [0.1, 0.15) is 0 Å². The molecule has 0 aliphatic carbocycles. The van der Waals surface area contributed by atoms with Crippen molar-refractivity contribution in [3.8, 4) is 0 Å². The van der Waals surface area contributed by atoms with Gasteiger partial charge in [-0.05, 0) is 24.1 Å². The Bertz CT molecular complexity index is 601. The minimum absolute atomic E-state index is 0.0552. The number of hydrogen-bond acceptors (Lipinski definition) is 3. The lowest BCUT2D eigenvalue weighted by molar-refractivity contribution is -0.119. The summed E-state index contributed by atoms with van der Waals surface area (Å²) in [5.74, 6) is 0.309. The minimum atomic E-state index is -0.560. The number of carbonyl (C=O) groups is 1. The van der Waals surface area contributed by atoms with Crippen LogP contribution >= 0.6 is 11.8 Å². The second kappa shape index (κ2) is 8.61. The van der Waals surface area contributed by atoms with Crippen LogP contribution in [0, 0.1) is 6.92 Å². The third kappa shape index (κ3) is 5.54. The summed E-state index contributed by atoms with van der Waals surface area (Å²) in [6, 6.07) is 17.8. The highest BCUT2D eigenvalue weighted by Crippen LogP contribution is 2.21. The van der Waals surface area contributed by atoms with Crippen molar-refractivity contribution in [1.82, 2.24) is 5.32 Å². The SMILES string of the molecule is Cc1ccccc1SCC(=O)NCC(O)Cc1ccccc1. The zero-order chi connectivity index (χ0) is 15.8. The van der Waals surface area contributed by atoms with Crippen LogP contribution in [0.3, 0.4) is 0 Å². The van der Waals surface area contributed by atoms with Gasteiger partial charge in [-0.15, -0.1) is 11.8 Å². The van der Waals surface area contributed by atoms with E-state index in [0.717, 1.165) is 10.5 Å². The largest absolute Gasteiger partial charge is 0.391 e. The van der Waals surface area contributed by atoms with Gasteiger partial charge in [-0.3, -0.25) is 4.79 Å². The van der Waals surface area contributed by atoms with Crippen molar-refractivity contribution >= 4 is 17.7 Å². The van der Waals surface area contributed by atoms with E-state index in [9.17, 15) is 9.90 Å². The van der Waals surface area contributed by atoms with Gasteiger partial charge in [0, 0.05) is 17.9 Å². The fraction of sp³-hybridized carbons (Fsp3) is 0.278. The zero-order valence-corrected chi connectivity index (χ0v) is 13.5. The van der Waals surface area contributed by atoms with E-state index in [1.54, 1.807) is 0 Å². The van der Waals surface area contributed by atoms with Gasteiger partial charge in [0.05, 0.1) is 11.9 Å². The summed E-state index contributed by atoms with van der Waals surface area (Å²) in [7, 11) is 0. The number of thioether (sulfide) groups is 1. The van der Waals surface area contributed by atoms with Crippen molar-refractivity contribution in [2.75, 3.05) is 12.3 Å². The van der Waals surface area contributed by atoms with Gasteiger partial charge >= 0.3 is 0 Å². The summed E-state index contributed by atoms with van der Waals surface area (Å²) in [4.78, 5) is 13.0. The maximum Gasteiger partial charge on any atom is 0.230 e. The van der Waals surface area contributed by atoms with Crippen LogP contribution in [0.15, 0.2) is 59.5 Å². The molecule has 2 N–H and O–H groups in total. The van der Waals surface area contributed by atoms with Gasteiger partial charge in [0.2, 0.25) is 5.91 Å². The predicted octanol–water partition coefficient (Wildman–Crippen LogP) is 2.81. The highest BCUT2D eigenvalue weighted by atomic mass is 32.2. The third-order valence-corrected chi connectivity index (χ3v) is 4.48. The Morgan fingerprint density at radius 1 is 1.14 bits per heavy atom. The molecule has 116 valence electrons. The zero-order valence-electron chi connectivity index (χ0n) is 12.7. The third-order valence-electron chi connectivity index (χ3n) is 3.30. The molecule has 1 amide bonds. The molecule has 0 aliphatic rings. The van der Waals surface area contributed by atoms with Crippen LogP contribution in [0.4, 0.5) is 0 Å². The lowest BCUT2D eigenvalue weighted by Crippen LogP contribution is -2.34. The molecule has 2 rings (SSSR count). The molecule has 0 aliphatic heterocycles. The van der Waals surface area contributed by atoms with Gasteiger partial charge in [0.25, 0.3) is 0 Å². The summed E-state index contributed by atoms with van der Waals surface area (Å²) in [5.41, 5.74) is 2.24. The van der Waals surface area contributed by atoms with Crippen molar-refractivity contribution in [2.24, 2.45) is 0 Å². The fourth-order valence-corrected chi connectivity index (χ4v) is 2.96. The quantitative estimate of drug-likeness (QED) is 0.773. The van der Waals surface area contributed by atoms with E-state index in [2.05, 4.69) is 5.32 Å². The molecule has 0 saturated carbocycles. The second-order valence-corrected chi connectivity index (χ2v) is 6.22. The molecule has 0 saturated heterocycles. The molecule has 0 radical (unpaired) electrons. The maximum atomic E-state index is 11.8. The highest BCUT2D eigenvalue weighted by molar-refractivity contribution is 8.00. The Hall–Kier alpha value is -1.78. The van der Waals surface area contributed by atoms with Gasteiger partial charge < -0.3 is 10.4 Å². The van der Waals surface area contributed by atoms with Crippen LogP contribution in [-0.4, -0.2) is 29.4 Å². The van der Waals surface area contributed by atoms with Gasteiger partial charge in [-0.25, -0.2) is 0 Å². The number of carbonyl (C=O) groups excluding carboxylic acids is 1. The summed E-state index contributed by atoms with van der Waals surface area (Å²) in [5, 5.41) is 12.7. The lowest BCUT2D eigenvalue weighted by atomic mass is 10.1. The van der Waals surface area contributed by atoms with Crippen LogP contribution in [0.25, 0.3) is 0 Å². The highest BCUT2D eigenvalue weighted by Gasteiger charge is 2.09. The summed E-state index contributed by atoms with van der Waals surface area (Å²) in [6.45, 7) is 2.31. The first kappa shape index (κ1) is 16.6. The fourth-order valence-electron chi connectivity index (χ4n) is 2.10. The van der Waals surface area contributed by atoms with Crippen LogP contribution in [-0.2, 0) is 11.2 Å². The van der Waals surface area contributed by atoms with Crippen molar-refractivity contribution < 1.29 is 9.90 Å². The smallest absolute Gasteiger partial charge is 0.230 e. The Morgan fingerprint density at radius 2 is 1.82 bits per heavy atom. The summed E-state index contributed by atoms with van der Waals surface area (Å²) >= 11 is 1.52. The van der Waals surface area contributed by atoms with E-state index in [1.165, 1.54) is 17.3 Å². The summed E-state index contributed by atoms with van der Waals surface area (Å²) < 4.78 is 0. The lowest BCUT2D eigenvalue weighted by Gasteiger charge is -2.12. The van der Waals surface area contributed by atoms with E-state index in [-0.39, 0.29) is 12.5 Å². The van der Waals surface area contributed by atoms with Crippen molar-refractivity contribution in [2.45, 2.75) is 24.3 Å². The average Bonchev–Trinajstić information content (AvgIpc) is 2.53.